The summed E-state index contributed by atoms with van der Waals surface area (Å²) in [7, 11) is 6.06. The number of ether oxygens (including phenoxy) is 5. The van der Waals surface area contributed by atoms with Crippen LogP contribution in [-0.2, 0) is 4.74 Å². The molecule has 0 heterocycles. The van der Waals surface area contributed by atoms with Crippen molar-refractivity contribution in [3.05, 3.63) is 76.6 Å². The summed E-state index contributed by atoms with van der Waals surface area (Å²) >= 11 is 0. The van der Waals surface area contributed by atoms with Gasteiger partial charge >= 0.3 is 0 Å². The van der Waals surface area contributed by atoms with Crippen molar-refractivity contribution in [2.24, 2.45) is 0 Å². The molecule has 1 aliphatic rings. The molecule has 184 valence electrons. The monoisotopic (exact) mass is 478 g/mol. The molecule has 0 aliphatic heterocycles. The largest absolute Gasteiger partial charge is 0.496 e. The Bertz CT molecular complexity index is 1200. The van der Waals surface area contributed by atoms with Gasteiger partial charge in [-0.1, -0.05) is 17.7 Å². The van der Waals surface area contributed by atoms with Crippen LogP contribution in [0.25, 0.3) is 6.08 Å². The molecule has 0 spiro atoms. The summed E-state index contributed by atoms with van der Waals surface area (Å²) in [4.78, 5) is 26.7. The molecule has 0 fully saturated rings. The number of carbonyl (C=O) groups excluding carboxylic acids is 2. The van der Waals surface area contributed by atoms with Crippen molar-refractivity contribution in [3.63, 3.8) is 0 Å². The number of allylic oxidation sites excluding steroid dienone is 2. The van der Waals surface area contributed by atoms with Crippen LogP contribution in [0, 0.1) is 0 Å². The number of Topliss-reactive ketones (excluding diaryl/α,β-unsaturated/α-hetero) is 1. The Morgan fingerprint density at radius 2 is 1.43 bits per heavy atom. The summed E-state index contributed by atoms with van der Waals surface area (Å²) in [5, 5.41) is 0. The minimum atomic E-state index is -0.679. The molecule has 7 heteroatoms. The van der Waals surface area contributed by atoms with E-state index in [-0.39, 0.29) is 28.3 Å². The zero-order valence-corrected chi connectivity index (χ0v) is 20.8. The quantitative estimate of drug-likeness (QED) is 0.332. The molecule has 0 bridgehead atoms. The lowest BCUT2D eigenvalue weighted by molar-refractivity contribution is 0.0932. The Hall–Kier alpha value is -4.00. The van der Waals surface area contributed by atoms with E-state index in [0.717, 1.165) is 11.1 Å². The highest BCUT2D eigenvalue weighted by atomic mass is 16.5. The number of hydrogen-bond acceptors (Lipinski definition) is 7. The fraction of sp³-hybridized carbons (Fsp3) is 0.286. The average molecular weight is 479 g/mol. The second-order valence-corrected chi connectivity index (χ2v) is 8.07. The Morgan fingerprint density at radius 3 is 2.03 bits per heavy atom. The van der Waals surface area contributed by atoms with Crippen LogP contribution in [-0.4, -0.2) is 46.1 Å². The summed E-state index contributed by atoms with van der Waals surface area (Å²) < 4.78 is 27.4. The maximum Gasteiger partial charge on any atom is 0.197 e. The van der Waals surface area contributed by atoms with E-state index in [4.69, 9.17) is 23.7 Å². The summed E-state index contributed by atoms with van der Waals surface area (Å²) in [6, 6.07) is 8.70. The molecule has 0 radical (unpaired) electrons. The highest BCUT2D eigenvalue weighted by Gasteiger charge is 2.35. The van der Waals surface area contributed by atoms with Crippen LogP contribution in [0.2, 0.25) is 0 Å². The van der Waals surface area contributed by atoms with Crippen molar-refractivity contribution < 1.29 is 33.3 Å². The summed E-state index contributed by atoms with van der Waals surface area (Å²) in [6.07, 6.45) is 6.30. The number of rotatable bonds is 10. The number of carbonyl (C=O) groups is 2. The third-order valence-electron chi connectivity index (χ3n) is 5.59. The van der Waals surface area contributed by atoms with Crippen molar-refractivity contribution in [2.45, 2.75) is 26.4 Å². The van der Waals surface area contributed by atoms with Crippen LogP contribution in [0.4, 0.5) is 0 Å². The van der Waals surface area contributed by atoms with Crippen LogP contribution in [0.5, 0.6) is 23.0 Å². The van der Waals surface area contributed by atoms with E-state index in [1.54, 1.807) is 38.5 Å². The van der Waals surface area contributed by atoms with E-state index < -0.39 is 6.10 Å². The lowest BCUT2D eigenvalue weighted by Gasteiger charge is -2.24. The maximum absolute atomic E-state index is 13.6. The van der Waals surface area contributed by atoms with Gasteiger partial charge in [0.2, 0.25) is 0 Å². The summed E-state index contributed by atoms with van der Waals surface area (Å²) in [5.41, 5.74) is 2.52. The Kier molecular flexibility index (Phi) is 8.36. The molecule has 0 unspecified atom stereocenters. The molecule has 7 nitrogen and oxygen atoms in total. The Labute approximate surface area is 205 Å². The minimum Gasteiger partial charge on any atom is -0.496 e. The molecule has 1 aliphatic carbocycles. The topological polar surface area (TPSA) is 80.3 Å². The first-order valence-corrected chi connectivity index (χ1v) is 11.1. The molecular formula is C28H30O7. The van der Waals surface area contributed by atoms with Gasteiger partial charge in [0.05, 0.1) is 45.8 Å². The smallest absolute Gasteiger partial charge is 0.197 e. The molecule has 2 aromatic carbocycles. The average Bonchev–Trinajstić information content (AvgIpc) is 2.87. The van der Waals surface area contributed by atoms with E-state index in [0.29, 0.717) is 29.4 Å². The molecule has 2 aromatic rings. The molecule has 0 saturated carbocycles. The van der Waals surface area contributed by atoms with E-state index in [1.165, 1.54) is 26.6 Å². The van der Waals surface area contributed by atoms with Crippen LogP contribution in [0.3, 0.4) is 0 Å². The zero-order valence-electron chi connectivity index (χ0n) is 20.8. The first-order chi connectivity index (χ1) is 16.8. The number of hydrogen-bond donors (Lipinski definition) is 0. The van der Waals surface area contributed by atoms with Gasteiger partial charge in [0.25, 0.3) is 0 Å². The summed E-state index contributed by atoms with van der Waals surface area (Å²) in [5.74, 6) is 1.17. The minimum absolute atomic E-state index is 0.184. The van der Waals surface area contributed by atoms with E-state index in [9.17, 15) is 9.59 Å². The fourth-order valence-electron chi connectivity index (χ4n) is 3.80. The van der Waals surface area contributed by atoms with Gasteiger partial charge in [0.1, 0.15) is 17.6 Å². The van der Waals surface area contributed by atoms with Crippen molar-refractivity contribution in [1.29, 1.82) is 0 Å². The second-order valence-electron chi connectivity index (χ2n) is 8.07. The van der Waals surface area contributed by atoms with Crippen molar-refractivity contribution in [1.82, 2.24) is 0 Å². The van der Waals surface area contributed by atoms with Crippen LogP contribution < -0.4 is 18.9 Å². The Morgan fingerprint density at radius 1 is 0.829 bits per heavy atom. The van der Waals surface area contributed by atoms with Gasteiger partial charge in [0.15, 0.2) is 23.1 Å². The predicted octanol–water partition coefficient (Wildman–Crippen LogP) is 5.44. The molecule has 35 heavy (non-hydrogen) atoms. The predicted molar refractivity (Wildman–Crippen MR) is 134 cm³/mol. The third-order valence-corrected chi connectivity index (χ3v) is 5.59. The van der Waals surface area contributed by atoms with Gasteiger partial charge in [-0.3, -0.25) is 9.59 Å². The molecule has 0 amide bonds. The number of benzene rings is 2. The van der Waals surface area contributed by atoms with Crippen molar-refractivity contribution in [3.8, 4) is 23.0 Å². The Balaban J connectivity index is 1.95. The molecular weight excluding hydrogens is 448 g/mol. The number of methoxy groups -OCH3 is 4. The molecule has 3 rings (SSSR count). The fourth-order valence-corrected chi connectivity index (χ4v) is 3.80. The van der Waals surface area contributed by atoms with E-state index in [2.05, 4.69) is 0 Å². The normalized spacial score (nSPS) is 13.6. The summed E-state index contributed by atoms with van der Waals surface area (Å²) in [6.45, 7) is 3.92. The van der Waals surface area contributed by atoms with Crippen LogP contribution in [0.15, 0.2) is 59.9 Å². The van der Waals surface area contributed by atoms with Gasteiger partial charge in [-0.2, -0.15) is 0 Å². The molecule has 0 N–H and O–H groups in total. The lowest BCUT2D eigenvalue weighted by atomic mass is 9.85. The van der Waals surface area contributed by atoms with Gasteiger partial charge in [-0.05, 0) is 55.8 Å². The highest BCUT2D eigenvalue weighted by Crippen LogP contribution is 2.37. The first-order valence-electron chi connectivity index (χ1n) is 11.1. The molecule has 1 atom stereocenters. The molecule has 0 aromatic heterocycles. The maximum atomic E-state index is 13.6. The first kappa shape index (κ1) is 25.6. The van der Waals surface area contributed by atoms with Crippen LogP contribution >= 0.6 is 0 Å². The van der Waals surface area contributed by atoms with Gasteiger partial charge in [-0.15, -0.1) is 0 Å². The van der Waals surface area contributed by atoms with Gasteiger partial charge in [0, 0.05) is 12.0 Å². The highest BCUT2D eigenvalue weighted by molar-refractivity contribution is 6.27. The van der Waals surface area contributed by atoms with Crippen LogP contribution in [0.1, 0.15) is 46.5 Å². The standard InChI is InChI=1S/C28H30O7/c1-17(2)7-9-21(35-14-13-18-8-10-22(31-3)25(15-18)34-6)19-16-20(29)26-23(32-4)11-12-24(33-5)27(26)28(19)30/h7-8,10-16,21H,9H2,1-6H3/b14-13+/t21-/m1/s1. The second kappa shape index (κ2) is 11.4. The van der Waals surface area contributed by atoms with Gasteiger partial charge in [-0.25, -0.2) is 0 Å². The number of ketones is 2. The lowest BCUT2D eigenvalue weighted by Crippen LogP contribution is -2.27. The van der Waals surface area contributed by atoms with E-state index in [1.807, 2.05) is 32.1 Å². The third kappa shape index (κ3) is 5.57. The van der Waals surface area contributed by atoms with E-state index >= 15 is 0 Å². The SMILES string of the molecule is COc1ccc(/C=C/O[C@H](CC=C(C)C)C2=CC(=O)c3c(OC)ccc(OC)c3C2=O)cc1OC. The molecule has 0 saturated heterocycles. The van der Waals surface area contributed by atoms with Gasteiger partial charge < -0.3 is 23.7 Å². The van der Waals surface area contributed by atoms with Crippen molar-refractivity contribution >= 4 is 17.6 Å². The zero-order chi connectivity index (χ0) is 25.5. The number of fused-ring (bicyclic) bond motifs is 1. The van der Waals surface area contributed by atoms with Crippen molar-refractivity contribution in [2.75, 3.05) is 28.4 Å².